The van der Waals surface area contributed by atoms with Crippen molar-refractivity contribution in [1.82, 2.24) is 5.32 Å². The first-order valence-corrected chi connectivity index (χ1v) is 11.4. The van der Waals surface area contributed by atoms with Gasteiger partial charge in [-0.25, -0.2) is 4.79 Å². The summed E-state index contributed by atoms with van der Waals surface area (Å²) in [5, 5.41) is 23.5. The molecule has 0 aromatic heterocycles. The van der Waals surface area contributed by atoms with Gasteiger partial charge >= 0.3 is 5.97 Å². The van der Waals surface area contributed by atoms with Gasteiger partial charge in [-0.2, -0.15) is 0 Å². The first kappa shape index (κ1) is 24.8. The Kier molecular flexibility index (Phi) is 8.89. The number of carboxylic acids is 1. The standard InChI is InChI=1S/C27H30ClNO4/c1-18(2)14-22-15-20(8-11-25(22)27(31)32)19-6-9-24(10-7-19)33-13-12-29-17-26(30)21-4-3-5-23(28)16-21/h3-11,15-16,18,26,29-30H,12-14,17H2,1-2H3,(H,31,32)/t26-/m0/s1. The van der Waals surface area contributed by atoms with E-state index in [1.165, 1.54) is 0 Å². The molecular formula is C27H30ClNO4. The van der Waals surface area contributed by atoms with Crippen LogP contribution in [0.2, 0.25) is 5.02 Å². The average molecular weight is 468 g/mol. The van der Waals surface area contributed by atoms with Crippen molar-refractivity contribution in [2.75, 3.05) is 19.7 Å². The number of benzene rings is 3. The van der Waals surface area contributed by atoms with E-state index in [4.69, 9.17) is 16.3 Å². The Morgan fingerprint density at radius 1 is 1.03 bits per heavy atom. The van der Waals surface area contributed by atoms with Gasteiger partial charge in [0.25, 0.3) is 0 Å². The second kappa shape index (κ2) is 11.8. The van der Waals surface area contributed by atoms with E-state index >= 15 is 0 Å². The molecule has 0 aliphatic carbocycles. The van der Waals surface area contributed by atoms with E-state index < -0.39 is 12.1 Å². The predicted octanol–water partition coefficient (Wildman–Crippen LogP) is 5.61. The summed E-state index contributed by atoms with van der Waals surface area (Å²) in [6.45, 7) is 5.63. The zero-order chi connectivity index (χ0) is 23.8. The summed E-state index contributed by atoms with van der Waals surface area (Å²) in [5.41, 5.74) is 3.98. The van der Waals surface area contributed by atoms with E-state index in [0.717, 1.165) is 34.4 Å². The van der Waals surface area contributed by atoms with Crippen molar-refractivity contribution in [1.29, 1.82) is 0 Å². The molecule has 0 saturated carbocycles. The van der Waals surface area contributed by atoms with Crippen LogP contribution in [0.4, 0.5) is 0 Å². The van der Waals surface area contributed by atoms with Gasteiger partial charge in [0.05, 0.1) is 11.7 Å². The molecule has 0 aliphatic rings. The molecular weight excluding hydrogens is 438 g/mol. The lowest BCUT2D eigenvalue weighted by atomic mass is 9.93. The maximum Gasteiger partial charge on any atom is 0.335 e. The lowest BCUT2D eigenvalue weighted by Crippen LogP contribution is -2.26. The first-order chi connectivity index (χ1) is 15.8. The van der Waals surface area contributed by atoms with Gasteiger partial charge in [-0.15, -0.1) is 0 Å². The molecule has 0 amide bonds. The molecule has 0 unspecified atom stereocenters. The number of carbonyl (C=O) groups is 1. The molecule has 0 bridgehead atoms. The number of ether oxygens (including phenoxy) is 1. The first-order valence-electron chi connectivity index (χ1n) is 11.1. The fourth-order valence-corrected chi connectivity index (χ4v) is 3.84. The average Bonchev–Trinajstić information content (AvgIpc) is 2.78. The molecule has 3 aromatic rings. The highest BCUT2D eigenvalue weighted by Gasteiger charge is 2.13. The second-order valence-corrected chi connectivity index (χ2v) is 8.86. The van der Waals surface area contributed by atoms with Crippen molar-refractivity contribution in [3.63, 3.8) is 0 Å². The van der Waals surface area contributed by atoms with E-state index in [9.17, 15) is 15.0 Å². The molecule has 3 aromatic carbocycles. The molecule has 5 nitrogen and oxygen atoms in total. The molecule has 33 heavy (non-hydrogen) atoms. The van der Waals surface area contributed by atoms with Crippen LogP contribution < -0.4 is 10.1 Å². The van der Waals surface area contributed by atoms with Crippen LogP contribution in [-0.2, 0) is 6.42 Å². The minimum atomic E-state index is -0.894. The van der Waals surface area contributed by atoms with Gasteiger partial charge in [0, 0.05) is 18.1 Å². The predicted molar refractivity (Wildman–Crippen MR) is 132 cm³/mol. The van der Waals surface area contributed by atoms with Crippen molar-refractivity contribution in [2.45, 2.75) is 26.4 Å². The normalized spacial score (nSPS) is 12.0. The van der Waals surface area contributed by atoms with E-state index in [0.29, 0.717) is 36.2 Å². The van der Waals surface area contributed by atoms with Crippen LogP contribution >= 0.6 is 11.6 Å². The Hall–Kier alpha value is -2.86. The van der Waals surface area contributed by atoms with Crippen LogP contribution in [0.25, 0.3) is 11.1 Å². The monoisotopic (exact) mass is 467 g/mol. The fraction of sp³-hybridized carbons (Fsp3) is 0.296. The number of nitrogens with one attached hydrogen (secondary N) is 1. The minimum absolute atomic E-state index is 0.361. The lowest BCUT2D eigenvalue weighted by molar-refractivity contribution is 0.0695. The molecule has 0 spiro atoms. The molecule has 0 aliphatic heterocycles. The van der Waals surface area contributed by atoms with E-state index in [1.807, 2.05) is 48.5 Å². The van der Waals surface area contributed by atoms with E-state index in [1.54, 1.807) is 18.2 Å². The van der Waals surface area contributed by atoms with Crippen LogP contribution in [0.15, 0.2) is 66.7 Å². The van der Waals surface area contributed by atoms with Gasteiger partial charge in [0.1, 0.15) is 12.4 Å². The van der Waals surface area contributed by atoms with Crippen LogP contribution in [0.1, 0.15) is 41.4 Å². The molecule has 3 rings (SSSR count). The Balaban J connectivity index is 1.51. The van der Waals surface area contributed by atoms with Gasteiger partial charge in [-0.3, -0.25) is 0 Å². The highest BCUT2D eigenvalue weighted by atomic mass is 35.5. The molecule has 0 saturated heterocycles. The summed E-state index contributed by atoms with van der Waals surface area (Å²) < 4.78 is 5.79. The highest BCUT2D eigenvalue weighted by molar-refractivity contribution is 6.30. The van der Waals surface area contributed by atoms with Crippen molar-refractivity contribution < 1.29 is 19.7 Å². The largest absolute Gasteiger partial charge is 0.492 e. The quantitative estimate of drug-likeness (QED) is 0.320. The molecule has 1 atom stereocenters. The maximum atomic E-state index is 11.5. The summed E-state index contributed by atoms with van der Waals surface area (Å²) in [5.74, 6) is 0.226. The Morgan fingerprint density at radius 2 is 1.76 bits per heavy atom. The third-order valence-electron chi connectivity index (χ3n) is 5.27. The van der Waals surface area contributed by atoms with Crippen LogP contribution in [0.5, 0.6) is 5.75 Å². The number of halogens is 1. The fourth-order valence-electron chi connectivity index (χ4n) is 3.65. The van der Waals surface area contributed by atoms with Crippen LogP contribution in [0.3, 0.4) is 0 Å². The number of aromatic carboxylic acids is 1. The van der Waals surface area contributed by atoms with E-state index in [2.05, 4.69) is 19.2 Å². The number of aliphatic hydroxyl groups excluding tert-OH is 1. The van der Waals surface area contributed by atoms with Crippen molar-refractivity contribution in [3.05, 3.63) is 88.4 Å². The zero-order valence-electron chi connectivity index (χ0n) is 18.9. The lowest BCUT2D eigenvalue weighted by Gasteiger charge is -2.13. The van der Waals surface area contributed by atoms with Crippen LogP contribution in [0, 0.1) is 5.92 Å². The van der Waals surface area contributed by atoms with E-state index in [-0.39, 0.29) is 0 Å². The van der Waals surface area contributed by atoms with Gasteiger partial charge < -0.3 is 20.3 Å². The van der Waals surface area contributed by atoms with Gasteiger partial charge in [0.15, 0.2) is 0 Å². The van der Waals surface area contributed by atoms with Crippen LogP contribution in [-0.4, -0.2) is 35.9 Å². The van der Waals surface area contributed by atoms with Crippen molar-refractivity contribution >= 4 is 17.6 Å². The Morgan fingerprint density at radius 3 is 2.42 bits per heavy atom. The Bertz CT molecular complexity index is 1070. The molecule has 0 radical (unpaired) electrons. The summed E-state index contributed by atoms with van der Waals surface area (Å²) in [4.78, 5) is 11.5. The second-order valence-electron chi connectivity index (χ2n) is 8.42. The highest BCUT2D eigenvalue weighted by Crippen LogP contribution is 2.26. The molecule has 0 heterocycles. The van der Waals surface area contributed by atoms with Gasteiger partial charge in [-0.05, 0) is 64.9 Å². The summed E-state index contributed by atoms with van der Waals surface area (Å²) in [6.07, 6.45) is 0.0893. The Labute approximate surface area is 200 Å². The molecule has 0 fully saturated rings. The van der Waals surface area contributed by atoms with Crippen molar-refractivity contribution in [2.24, 2.45) is 5.92 Å². The number of hydrogen-bond donors (Lipinski definition) is 3. The third-order valence-corrected chi connectivity index (χ3v) is 5.51. The number of hydrogen-bond acceptors (Lipinski definition) is 4. The summed E-state index contributed by atoms with van der Waals surface area (Å²) in [7, 11) is 0. The molecule has 3 N–H and O–H groups in total. The smallest absolute Gasteiger partial charge is 0.335 e. The number of aliphatic hydroxyl groups is 1. The third kappa shape index (κ3) is 7.32. The maximum absolute atomic E-state index is 11.5. The zero-order valence-corrected chi connectivity index (χ0v) is 19.7. The van der Waals surface area contributed by atoms with Gasteiger partial charge in [-0.1, -0.05) is 61.8 Å². The molecule has 174 valence electrons. The number of carboxylic acid groups (broad SMARTS) is 1. The SMILES string of the molecule is CC(C)Cc1cc(-c2ccc(OCCNC[C@H](O)c3cccc(Cl)c3)cc2)ccc1C(=O)O. The summed E-state index contributed by atoms with van der Waals surface area (Å²) in [6, 6.07) is 20.5. The topological polar surface area (TPSA) is 78.8 Å². The molecule has 6 heteroatoms. The minimum Gasteiger partial charge on any atom is -0.492 e. The van der Waals surface area contributed by atoms with Crippen molar-refractivity contribution in [3.8, 4) is 16.9 Å². The summed E-state index contributed by atoms with van der Waals surface area (Å²) >= 11 is 5.96. The van der Waals surface area contributed by atoms with Gasteiger partial charge in [0.2, 0.25) is 0 Å². The number of rotatable bonds is 11.